The standard InChI is InChI=1S/C19H21N3O4S/c20-27(25,26)16-8-6-14(7-9-16)10-11-21-17-12-18(23)22(19(17)24)13-15-4-2-1-3-5-15/h1-9,17,21H,10-13H2,(H2,20,25,26)/p+1/t17-/m0/s1. The molecular weight excluding hydrogens is 366 g/mol. The molecular formula is C19H22N3O4S+. The van der Waals surface area contributed by atoms with Gasteiger partial charge in [-0.1, -0.05) is 42.5 Å². The predicted octanol–water partition coefficient (Wildman–Crippen LogP) is -0.232. The summed E-state index contributed by atoms with van der Waals surface area (Å²) in [5.74, 6) is -0.309. The summed E-state index contributed by atoms with van der Waals surface area (Å²) in [6, 6.07) is 15.4. The van der Waals surface area contributed by atoms with Gasteiger partial charge < -0.3 is 5.32 Å². The van der Waals surface area contributed by atoms with E-state index in [-0.39, 0.29) is 23.1 Å². The fourth-order valence-corrected chi connectivity index (χ4v) is 3.64. The lowest BCUT2D eigenvalue weighted by atomic mass is 10.1. The summed E-state index contributed by atoms with van der Waals surface area (Å²) >= 11 is 0. The van der Waals surface area contributed by atoms with Gasteiger partial charge in [-0.05, 0) is 23.3 Å². The van der Waals surface area contributed by atoms with Gasteiger partial charge in [0.05, 0.1) is 24.4 Å². The number of primary sulfonamides is 1. The molecule has 7 nitrogen and oxygen atoms in total. The Morgan fingerprint density at radius 2 is 1.67 bits per heavy atom. The number of hydrogen-bond donors (Lipinski definition) is 2. The molecule has 142 valence electrons. The summed E-state index contributed by atoms with van der Waals surface area (Å²) in [5.41, 5.74) is 1.87. The van der Waals surface area contributed by atoms with Gasteiger partial charge >= 0.3 is 0 Å². The normalized spacial score (nSPS) is 17.5. The number of nitrogens with two attached hydrogens (primary N) is 2. The molecule has 4 N–H and O–H groups in total. The first-order valence-corrected chi connectivity index (χ1v) is 10.2. The summed E-state index contributed by atoms with van der Waals surface area (Å²) in [6.07, 6.45) is 0.859. The van der Waals surface area contributed by atoms with Crippen LogP contribution >= 0.6 is 0 Å². The van der Waals surface area contributed by atoms with Gasteiger partial charge in [0.2, 0.25) is 15.9 Å². The Hall–Kier alpha value is -2.55. The molecule has 2 aromatic rings. The lowest BCUT2D eigenvalue weighted by Crippen LogP contribution is -2.91. The summed E-state index contributed by atoms with van der Waals surface area (Å²) in [4.78, 5) is 26.1. The van der Waals surface area contributed by atoms with Crippen molar-refractivity contribution in [3.63, 3.8) is 0 Å². The Morgan fingerprint density at radius 1 is 1.00 bits per heavy atom. The van der Waals surface area contributed by atoms with Gasteiger partial charge in [0.25, 0.3) is 5.91 Å². The Morgan fingerprint density at radius 3 is 2.30 bits per heavy atom. The monoisotopic (exact) mass is 388 g/mol. The number of carbonyl (C=O) groups is 2. The van der Waals surface area contributed by atoms with E-state index in [2.05, 4.69) is 0 Å². The molecule has 1 heterocycles. The molecule has 1 saturated heterocycles. The zero-order valence-electron chi connectivity index (χ0n) is 14.7. The third-order valence-corrected chi connectivity index (χ3v) is 5.53. The maximum absolute atomic E-state index is 12.5. The molecule has 1 aliphatic rings. The second-order valence-corrected chi connectivity index (χ2v) is 8.14. The molecule has 0 spiro atoms. The van der Waals surface area contributed by atoms with Crippen LogP contribution in [0.1, 0.15) is 17.5 Å². The Bertz CT molecular complexity index is 927. The van der Waals surface area contributed by atoms with Crippen molar-refractivity contribution in [2.24, 2.45) is 5.14 Å². The Balaban J connectivity index is 1.53. The van der Waals surface area contributed by atoms with E-state index < -0.39 is 16.1 Å². The van der Waals surface area contributed by atoms with Crippen LogP contribution in [0.4, 0.5) is 0 Å². The number of quaternary nitrogens is 1. The molecule has 1 fully saturated rings. The first-order valence-electron chi connectivity index (χ1n) is 8.68. The fraction of sp³-hybridized carbons (Fsp3) is 0.263. The van der Waals surface area contributed by atoms with Crippen molar-refractivity contribution in [2.45, 2.75) is 30.3 Å². The molecule has 0 bridgehead atoms. The molecule has 2 aromatic carbocycles. The number of sulfonamides is 1. The molecule has 0 unspecified atom stereocenters. The van der Waals surface area contributed by atoms with E-state index in [9.17, 15) is 18.0 Å². The van der Waals surface area contributed by atoms with Gasteiger partial charge in [-0.15, -0.1) is 0 Å². The van der Waals surface area contributed by atoms with Crippen LogP contribution in [0.3, 0.4) is 0 Å². The number of likely N-dealkylation sites (tertiary alicyclic amines) is 1. The van der Waals surface area contributed by atoms with Crippen molar-refractivity contribution in [3.8, 4) is 0 Å². The van der Waals surface area contributed by atoms with E-state index in [1.807, 2.05) is 35.6 Å². The van der Waals surface area contributed by atoms with Crippen molar-refractivity contribution >= 4 is 21.8 Å². The highest BCUT2D eigenvalue weighted by molar-refractivity contribution is 7.89. The average Bonchev–Trinajstić information content (AvgIpc) is 2.90. The van der Waals surface area contributed by atoms with Crippen molar-refractivity contribution in [1.82, 2.24) is 4.90 Å². The number of imide groups is 1. The van der Waals surface area contributed by atoms with Gasteiger partial charge in [-0.3, -0.25) is 14.5 Å². The van der Waals surface area contributed by atoms with Crippen molar-refractivity contribution < 1.29 is 23.3 Å². The summed E-state index contributed by atoms with van der Waals surface area (Å²) in [7, 11) is -3.69. The van der Waals surface area contributed by atoms with Crippen LogP contribution in [-0.2, 0) is 32.6 Å². The van der Waals surface area contributed by atoms with E-state index in [0.29, 0.717) is 19.5 Å². The highest BCUT2D eigenvalue weighted by atomic mass is 32.2. The largest absolute Gasteiger partial charge is 0.335 e. The highest BCUT2D eigenvalue weighted by Gasteiger charge is 2.40. The van der Waals surface area contributed by atoms with Gasteiger partial charge in [0.1, 0.15) is 0 Å². The summed E-state index contributed by atoms with van der Waals surface area (Å²) < 4.78 is 22.5. The van der Waals surface area contributed by atoms with Crippen molar-refractivity contribution in [1.29, 1.82) is 0 Å². The second-order valence-electron chi connectivity index (χ2n) is 6.58. The SMILES string of the molecule is NS(=O)(=O)c1ccc(CC[NH2+][C@H]2CC(=O)N(Cc3ccccc3)C2=O)cc1. The first kappa shape index (κ1) is 19.2. The number of carbonyl (C=O) groups excluding carboxylic acids is 2. The van der Waals surface area contributed by atoms with Crippen LogP contribution in [0.25, 0.3) is 0 Å². The number of amides is 2. The highest BCUT2D eigenvalue weighted by Crippen LogP contribution is 2.15. The van der Waals surface area contributed by atoms with Crippen molar-refractivity contribution in [3.05, 3.63) is 65.7 Å². The van der Waals surface area contributed by atoms with Crippen LogP contribution in [0.2, 0.25) is 0 Å². The molecule has 27 heavy (non-hydrogen) atoms. The minimum absolute atomic E-state index is 0.0725. The van der Waals surface area contributed by atoms with E-state index in [1.54, 1.807) is 12.1 Å². The van der Waals surface area contributed by atoms with E-state index in [0.717, 1.165) is 11.1 Å². The smallest absolute Gasteiger partial charge is 0.288 e. The van der Waals surface area contributed by atoms with Crippen LogP contribution < -0.4 is 10.5 Å². The number of rotatable bonds is 7. The number of nitrogens with zero attached hydrogens (tertiary/aromatic N) is 1. The molecule has 0 radical (unpaired) electrons. The second kappa shape index (κ2) is 7.99. The first-order chi connectivity index (χ1) is 12.8. The summed E-state index contributed by atoms with van der Waals surface area (Å²) in [5, 5.41) is 6.95. The lowest BCUT2D eigenvalue weighted by molar-refractivity contribution is -0.674. The quantitative estimate of drug-likeness (QED) is 0.638. The third kappa shape index (κ3) is 4.79. The van der Waals surface area contributed by atoms with E-state index >= 15 is 0 Å². The zero-order chi connectivity index (χ0) is 19.4. The van der Waals surface area contributed by atoms with Gasteiger partial charge in [0, 0.05) is 6.42 Å². The minimum Gasteiger partial charge on any atom is -0.335 e. The Labute approximate surface area is 158 Å². The average molecular weight is 388 g/mol. The van der Waals surface area contributed by atoms with Gasteiger partial charge in [-0.2, -0.15) is 0 Å². The Kier molecular flexibility index (Phi) is 5.69. The topological polar surface area (TPSA) is 114 Å². The van der Waals surface area contributed by atoms with Crippen molar-refractivity contribution in [2.75, 3.05) is 6.54 Å². The van der Waals surface area contributed by atoms with Crippen LogP contribution in [0.5, 0.6) is 0 Å². The van der Waals surface area contributed by atoms with E-state index in [4.69, 9.17) is 5.14 Å². The number of hydrogen-bond acceptors (Lipinski definition) is 4. The lowest BCUT2D eigenvalue weighted by Gasteiger charge is -2.14. The van der Waals surface area contributed by atoms with Gasteiger partial charge in [0.15, 0.2) is 6.04 Å². The van der Waals surface area contributed by atoms with Crippen LogP contribution in [0.15, 0.2) is 59.5 Å². The maximum Gasteiger partial charge on any atom is 0.288 e. The fourth-order valence-electron chi connectivity index (χ4n) is 3.12. The van der Waals surface area contributed by atoms with Gasteiger partial charge in [-0.25, -0.2) is 13.6 Å². The molecule has 1 aliphatic heterocycles. The minimum atomic E-state index is -3.69. The molecule has 0 aliphatic carbocycles. The van der Waals surface area contributed by atoms with Crippen LogP contribution in [0, 0.1) is 0 Å². The molecule has 0 aromatic heterocycles. The molecule has 3 rings (SSSR count). The molecule has 8 heteroatoms. The molecule has 2 amide bonds. The predicted molar refractivity (Wildman–Crippen MR) is 98.7 cm³/mol. The zero-order valence-corrected chi connectivity index (χ0v) is 15.6. The number of benzene rings is 2. The van der Waals surface area contributed by atoms with E-state index in [1.165, 1.54) is 17.0 Å². The molecule has 1 atom stereocenters. The molecule has 0 saturated carbocycles. The van der Waals surface area contributed by atoms with Crippen LogP contribution in [-0.4, -0.2) is 37.7 Å². The maximum atomic E-state index is 12.5. The third-order valence-electron chi connectivity index (χ3n) is 4.60. The summed E-state index contributed by atoms with van der Waals surface area (Å²) in [6.45, 7) is 0.926.